The Balaban J connectivity index is 1.99. The number of hydrogen-bond donors (Lipinski definition) is 1. The molecule has 2 aliphatic rings. The van der Waals surface area contributed by atoms with E-state index in [1.807, 2.05) is 18.7 Å². The quantitative estimate of drug-likeness (QED) is 0.659. The summed E-state index contributed by atoms with van der Waals surface area (Å²) in [5, 5.41) is 3.58. The first-order valence-electron chi connectivity index (χ1n) is 5.85. The van der Waals surface area contributed by atoms with Crippen LogP contribution < -0.4 is 5.32 Å². The Morgan fingerprint density at radius 3 is 2.73 bits per heavy atom. The number of hydrogen-bond acceptors (Lipinski definition) is 2. The van der Waals surface area contributed by atoms with Gasteiger partial charge in [-0.2, -0.15) is 0 Å². The zero-order chi connectivity index (χ0) is 10.8. The molecule has 0 saturated carbocycles. The van der Waals surface area contributed by atoms with E-state index in [0.717, 1.165) is 25.1 Å². The third-order valence-electron chi connectivity index (χ3n) is 3.25. The van der Waals surface area contributed by atoms with Gasteiger partial charge in [0, 0.05) is 31.2 Å². The molecule has 2 aliphatic heterocycles. The highest BCUT2D eigenvalue weighted by Crippen LogP contribution is 2.20. The fourth-order valence-electron chi connectivity index (χ4n) is 2.48. The van der Waals surface area contributed by atoms with Crippen LogP contribution >= 0.6 is 0 Å². The van der Waals surface area contributed by atoms with Crippen LogP contribution in [0, 0.1) is 0 Å². The number of likely N-dealkylation sites (tertiary alicyclic amines) is 1. The van der Waals surface area contributed by atoms with Gasteiger partial charge in [-0.15, -0.1) is 0 Å². The summed E-state index contributed by atoms with van der Waals surface area (Å²) in [4.78, 5) is 13.8. The van der Waals surface area contributed by atoms with Crippen LogP contribution in [-0.4, -0.2) is 36.0 Å². The maximum Gasteiger partial charge on any atom is 0.246 e. The lowest BCUT2D eigenvalue weighted by Gasteiger charge is -2.23. The minimum absolute atomic E-state index is 0.185. The van der Waals surface area contributed by atoms with E-state index < -0.39 is 0 Å². The Morgan fingerprint density at radius 1 is 1.27 bits per heavy atom. The first-order valence-corrected chi connectivity index (χ1v) is 5.85. The maximum atomic E-state index is 11.9. The third kappa shape index (κ3) is 2.59. The van der Waals surface area contributed by atoms with Crippen molar-refractivity contribution in [3.05, 3.63) is 11.6 Å². The Morgan fingerprint density at radius 2 is 2.00 bits per heavy atom. The average molecular weight is 208 g/mol. The van der Waals surface area contributed by atoms with Gasteiger partial charge >= 0.3 is 0 Å². The summed E-state index contributed by atoms with van der Waals surface area (Å²) in [6.45, 7) is 5.75. The Labute approximate surface area is 91.5 Å². The zero-order valence-corrected chi connectivity index (χ0v) is 9.62. The van der Waals surface area contributed by atoms with Gasteiger partial charge in [0.2, 0.25) is 5.91 Å². The standard InChI is InChI=1S/C12H20N2O/c1-9(2)7-12(15)14-6-5-10-3-4-11(8-14)13-10/h7,10-11,13H,3-6,8H2,1-2H3. The normalized spacial score (nSPS) is 29.9. The van der Waals surface area contributed by atoms with Gasteiger partial charge in [0.15, 0.2) is 0 Å². The van der Waals surface area contributed by atoms with Crippen LogP contribution in [0.4, 0.5) is 0 Å². The van der Waals surface area contributed by atoms with Gasteiger partial charge in [-0.1, -0.05) is 5.57 Å². The number of amides is 1. The molecule has 2 bridgehead atoms. The second-order valence-electron chi connectivity index (χ2n) is 4.93. The van der Waals surface area contributed by atoms with E-state index in [0.29, 0.717) is 12.1 Å². The first kappa shape index (κ1) is 10.7. The van der Waals surface area contributed by atoms with Gasteiger partial charge in [-0.25, -0.2) is 0 Å². The zero-order valence-electron chi connectivity index (χ0n) is 9.62. The molecule has 0 radical (unpaired) electrons. The summed E-state index contributed by atoms with van der Waals surface area (Å²) in [7, 11) is 0. The monoisotopic (exact) mass is 208 g/mol. The van der Waals surface area contributed by atoms with Crippen molar-refractivity contribution in [3.8, 4) is 0 Å². The van der Waals surface area contributed by atoms with Crippen molar-refractivity contribution in [2.24, 2.45) is 0 Å². The van der Waals surface area contributed by atoms with E-state index in [9.17, 15) is 4.79 Å². The molecule has 2 heterocycles. The molecule has 0 aliphatic carbocycles. The Hall–Kier alpha value is -0.830. The SMILES string of the molecule is CC(C)=CC(=O)N1CCC2CCC(C1)N2. The lowest BCUT2D eigenvalue weighted by Crippen LogP contribution is -2.38. The van der Waals surface area contributed by atoms with E-state index in [1.165, 1.54) is 12.8 Å². The Bertz CT molecular complexity index is 281. The molecule has 0 spiro atoms. The van der Waals surface area contributed by atoms with Crippen LogP contribution in [0.15, 0.2) is 11.6 Å². The van der Waals surface area contributed by atoms with Crippen LogP contribution in [0.5, 0.6) is 0 Å². The van der Waals surface area contributed by atoms with Crippen molar-refractivity contribution in [3.63, 3.8) is 0 Å². The fraction of sp³-hybridized carbons (Fsp3) is 0.750. The number of nitrogens with one attached hydrogen (secondary N) is 1. The number of rotatable bonds is 1. The number of carbonyl (C=O) groups excluding carboxylic acids is 1. The average Bonchev–Trinajstić information content (AvgIpc) is 2.44. The summed E-state index contributed by atoms with van der Waals surface area (Å²) in [6.07, 6.45) is 5.37. The molecule has 0 aromatic rings. The third-order valence-corrected chi connectivity index (χ3v) is 3.25. The molecular weight excluding hydrogens is 188 g/mol. The second kappa shape index (κ2) is 4.35. The van der Waals surface area contributed by atoms with E-state index in [1.54, 1.807) is 6.08 Å². The number of carbonyl (C=O) groups is 1. The van der Waals surface area contributed by atoms with Crippen molar-refractivity contribution in [1.29, 1.82) is 0 Å². The van der Waals surface area contributed by atoms with Crippen LogP contribution in [0.2, 0.25) is 0 Å². The molecule has 2 fully saturated rings. The number of allylic oxidation sites excluding steroid dienone is 1. The summed E-state index contributed by atoms with van der Waals surface area (Å²) in [6, 6.07) is 1.19. The first-order chi connectivity index (χ1) is 7.15. The molecule has 3 nitrogen and oxygen atoms in total. The molecule has 2 rings (SSSR count). The topological polar surface area (TPSA) is 32.3 Å². The highest BCUT2D eigenvalue weighted by Gasteiger charge is 2.30. The molecule has 1 amide bonds. The smallest absolute Gasteiger partial charge is 0.246 e. The Kier molecular flexibility index (Phi) is 3.10. The number of fused-ring (bicyclic) bond motifs is 2. The second-order valence-corrected chi connectivity index (χ2v) is 4.93. The van der Waals surface area contributed by atoms with Crippen molar-refractivity contribution in [2.45, 2.75) is 45.2 Å². The van der Waals surface area contributed by atoms with Crippen molar-refractivity contribution in [1.82, 2.24) is 10.2 Å². The molecule has 2 atom stereocenters. The van der Waals surface area contributed by atoms with Gasteiger partial charge in [0.1, 0.15) is 0 Å². The summed E-state index contributed by atoms with van der Waals surface area (Å²) >= 11 is 0. The van der Waals surface area contributed by atoms with Gasteiger partial charge in [-0.05, 0) is 33.1 Å². The summed E-state index contributed by atoms with van der Waals surface area (Å²) in [5.74, 6) is 0.185. The van der Waals surface area contributed by atoms with Crippen LogP contribution in [0.25, 0.3) is 0 Å². The highest BCUT2D eigenvalue weighted by molar-refractivity contribution is 5.88. The summed E-state index contributed by atoms with van der Waals surface area (Å²) in [5.41, 5.74) is 1.09. The molecule has 15 heavy (non-hydrogen) atoms. The molecule has 2 unspecified atom stereocenters. The molecule has 0 aromatic heterocycles. The minimum Gasteiger partial charge on any atom is -0.338 e. The largest absolute Gasteiger partial charge is 0.338 e. The van der Waals surface area contributed by atoms with E-state index in [-0.39, 0.29) is 5.91 Å². The minimum atomic E-state index is 0.185. The van der Waals surface area contributed by atoms with Crippen molar-refractivity contribution >= 4 is 5.91 Å². The predicted molar refractivity (Wildman–Crippen MR) is 60.6 cm³/mol. The van der Waals surface area contributed by atoms with Crippen molar-refractivity contribution < 1.29 is 4.79 Å². The van der Waals surface area contributed by atoms with Gasteiger partial charge in [0.25, 0.3) is 0 Å². The van der Waals surface area contributed by atoms with Gasteiger partial charge in [-0.3, -0.25) is 4.79 Å². The van der Waals surface area contributed by atoms with Crippen LogP contribution in [-0.2, 0) is 4.79 Å². The van der Waals surface area contributed by atoms with Gasteiger partial charge in [0.05, 0.1) is 0 Å². The molecule has 3 heteroatoms. The maximum absolute atomic E-state index is 11.9. The fourth-order valence-corrected chi connectivity index (χ4v) is 2.48. The molecule has 2 saturated heterocycles. The molecule has 0 aromatic carbocycles. The lowest BCUT2D eigenvalue weighted by molar-refractivity contribution is -0.126. The number of nitrogens with zero attached hydrogens (tertiary/aromatic N) is 1. The molecular formula is C12H20N2O. The summed E-state index contributed by atoms with van der Waals surface area (Å²) < 4.78 is 0. The van der Waals surface area contributed by atoms with Gasteiger partial charge < -0.3 is 10.2 Å². The predicted octanol–water partition coefficient (Wildman–Crippen LogP) is 1.31. The van der Waals surface area contributed by atoms with Crippen molar-refractivity contribution in [2.75, 3.05) is 13.1 Å². The highest BCUT2D eigenvalue weighted by atomic mass is 16.2. The van der Waals surface area contributed by atoms with E-state index in [4.69, 9.17) is 0 Å². The molecule has 1 N–H and O–H groups in total. The van der Waals surface area contributed by atoms with E-state index in [2.05, 4.69) is 5.32 Å². The lowest BCUT2D eigenvalue weighted by atomic mass is 10.1. The van der Waals surface area contributed by atoms with Crippen LogP contribution in [0.3, 0.4) is 0 Å². The van der Waals surface area contributed by atoms with Crippen LogP contribution in [0.1, 0.15) is 33.1 Å². The van der Waals surface area contributed by atoms with E-state index >= 15 is 0 Å². The molecule has 84 valence electrons.